The molecule has 8 saturated carbocycles. The van der Waals surface area contributed by atoms with Crippen LogP contribution >= 0.6 is 0 Å². The highest BCUT2D eigenvalue weighted by Gasteiger charge is 2.74. The summed E-state index contributed by atoms with van der Waals surface area (Å²) in [4.78, 5) is 0. The molecule has 8 aliphatic carbocycles. The van der Waals surface area contributed by atoms with Gasteiger partial charge in [0.25, 0.3) is 0 Å². The third-order valence-corrected chi connectivity index (χ3v) is 4.90. The summed E-state index contributed by atoms with van der Waals surface area (Å²) in [6.45, 7) is 0. The standard InChI is InChI=1S/C9H12/c1-2-5-7-3-6-4(1)8(7)9(5)6/h4-9H,1-3H2. The molecule has 8 aliphatic rings. The minimum Gasteiger partial charge on any atom is -0.0496 e. The quantitative estimate of drug-likeness (QED) is 0.458. The molecule has 8 fully saturated rings. The maximum absolute atomic E-state index is 1.66. The Labute approximate surface area is 55.6 Å². The lowest BCUT2D eigenvalue weighted by molar-refractivity contribution is -0.154. The molecule has 6 bridgehead atoms. The van der Waals surface area contributed by atoms with Crippen molar-refractivity contribution in [2.24, 2.45) is 35.5 Å². The largest absolute Gasteiger partial charge is 0.0496 e. The van der Waals surface area contributed by atoms with Gasteiger partial charge in [0.2, 0.25) is 0 Å². The van der Waals surface area contributed by atoms with Crippen molar-refractivity contribution in [3.8, 4) is 0 Å². The second-order valence-corrected chi connectivity index (χ2v) is 4.62. The van der Waals surface area contributed by atoms with Gasteiger partial charge in [0.05, 0.1) is 0 Å². The van der Waals surface area contributed by atoms with Crippen LogP contribution < -0.4 is 0 Å². The first-order valence-corrected chi connectivity index (χ1v) is 4.47. The van der Waals surface area contributed by atoms with Crippen LogP contribution in [-0.4, -0.2) is 0 Å². The van der Waals surface area contributed by atoms with E-state index in [0.717, 1.165) is 0 Å². The van der Waals surface area contributed by atoms with Crippen LogP contribution in [0.25, 0.3) is 0 Å². The van der Waals surface area contributed by atoms with E-state index in [2.05, 4.69) is 0 Å². The van der Waals surface area contributed by atoms with Crippen LogP contribution in [0.15, 0.2) is 0 Å². The van der Waals surface area contributed by atoms with Gasteiger partial charge in [0.1, 0.15) is 0 Å². The Hall–Kier alpha value is 0. The van der Waals surface area contributed by atoms with Gasteiger partial charge in [-0.2, -0.15) is 0 Å². The Morgan fingerprint density at radius 1 is 0.667 bits per heavy atom. The molecule has 0 aliphatic heterocycles. The highest BCUT2D eigenvalue weighted by molar-refractivity contribution is 5.22. The van der Waals surface area contributed by atoms with E-state index in [0.29, 0.717) is 0 Å². The Bertz CT molecular complexity index is 133. The average Bonchev–Trinajstić information content (AvgIpc) is 2.48. The summed E-state index contributed by atoms with van der Waals surface area (Å²) in [7, 11) is 0. The summed E-state index contributed by atoms with van der Waals surface area (Å²) in [6.07, 6.45) is 4.89. The lowest BCUT2D eigenvalue weighted by Gasteiger charge is -2.63. The highest BCUT2D eigenvalue weighted by atomic mass is 14.8. The Kier molecular flexibility index (Phi) is 0.395. The molecule has 0 aromatic carbocycles. The van der Waals surface area contributed by atoms with Gasteiger partial charge in [-0.3, -0.25) is 0 Å². The van der Waals surface area contributed by atoms with E-state index < -0.39 is 0 Å². The second kappa shape index (κ2) is 0.889. The van der Waals surface area contributed by atoms with Crippen molar-refractivity contribution in [1.29, 1.82) is 0 Å². The molecule has 48 valence electrons. The van der Waals surface area contributed by atoms with Gasteiger partial charge >= 0.3 is 0 Å². The van der Waals surface area contributed by atoms with Crippen molar-refractivity contribution >= 4 is 0 Å². The Morgan fingerprint density at radius 3 is 1.56 bits per heavy atom. The molecule has 0 nitrogen and oxygen atoms in total. The van der Waals surface area contributed by atoms with E-state index in [1.54, 1.807) is 19.3 Å². The molecule has 0 radical (unpaired) electrons. The Balaban J connectivity index is 1.97. The monoisotopic (exact) mass is 120 g/mol. The van der Waals surface area contributed by atoms with Crippen LogP contribution in [0.2, 0.25) is 0 Å². The lowest BCUT2D eigenvalue weighted by Crippen LogP contribution is -2.58. The van der Waals surface area contributed by atoms with Crippen molar-refractivity contribution in [2.75, 3.05) is 0 Å². The minimum absolute atomic E-state index is 1.25. The summed E-state index contributed by atoms with van der Waals surface area (Å²) < 4.78 is 0. The summed E-state index contributed by atoms with van der Waals surface area (Å²) >= 11 is 0. The molecule has 0 spiro atoms. The summed E-state index contributed by atoms with van der Waals surface area (Å²) in [5.74, 6) is 7.61. The van der Waals surface area contributed by atoms with Crippen LogP contribution in [0.5, 0.6) is 0 Å². The second-order valence-electron chi connectivity index (χ2n) is 4.62. The van der Waals surface area contributed by atoms with Gasteiger partial charge in [-0.25, -0.2) is 0 Å². The predicted molar refractivity (Wildman–Crippen MR) is 34.8 cm³/mol. The van der Waals surface area contributed by atoms with E-state index in [-0.39, 0.29) is 0 Å². The fraction of sp³-hybridized carbons (Fsp3) is 1.00. The van der Waals surface area contributed by atoms with E-state index >= 15 is 0 Å². The topological polar surface area (TPSA) is 0 Å². The van der Waals surface area contributed by atoms with E-state index in [9.17, 15) is 0 Å². The molecular formula is C9H12. The summed E-state index contributed by atoms with van der Waals surface area (Å²) in [5, 5.41) is 0. The van der Waals surface area contributed by atoms with Crippen molar-refractivity contribution < 1.29 is 0 Å². The van der Waals surface area contributed by atoms with Crippen LogP contribution in [0.3, 0.4) is 0 Å². The van der Waals surface area contributed by atoms with Gasteiger partial charge in [-0.05, 0) is 54.8 Å². The minimum atomic E-state index is 1.25. The smallest absolute Gasteiger partial charge is 0.0318 e. The van der Waals surface area contributed by atoms with Crippen LogP contribution in [-0.2, 0) is 0 Å². The zero-order chi connectivity index (χ0) is 5.59. The van der Waals surface area contributed by atoms with Gasteiger partial charge in [0.15, 0.2) is 0 Å². The zero-order valence-corrected chi connectivity index (χ0v) is 5.59. The molecule has 6 unspecified atom stereocenters. The van der Waals surface area contributed by atoms with Crippen LogP contribution in [0.4, 0.5) is 0 Å². The van der Waals surface area contributed by atoms with Crippen molar-refractivity contribution in [2.45, 2.75) is 19.3 Å². The lowest BCUT2D eigenvalue weighted by atomic mass is 9.42. The van der Waals surface area contributed by atoms with Crippen LogP contribution in [0, 0.1) is 35.5 Å². The average molecular weight is 120 g/mol. The molecule has 0 aromatic rings. The summed E-state index contributed by atoms with van der Waals surface area (Å²) in [6, 6.07) is 0. The third-order valence-electron chi connectivity index (χ3n) is 4.90. The zero-order valence-electron chi connectivity index (χ0n) is 5.59. The third kappa shape index (κ3) is 0.210. The fourth-order valence-electron chi connectivity index (χ4n) is 4.80. The van der Waals surface area contributed by atoms with Gasteiger partial charge in [-0.1, -0.05) is 0 Å². The molecule has 0 amide bonds. The molecule has 6 atom stereocenters. The molecule has 0 N–H and O–H groups in total. The predicted octanol–water partition coefficient (Wildman–Crippen LogP) is 1.91. The first-order chi connectivity index (χ1) is 4.47. The number of rotatable bonds is 0. The first-order valence-electron chi connectivity index (χ1n) is 4.47. The molecule has 0 aromatic heterocycles. The molecule has 0 saturated heterocycles. The van der Waals surface area contributed by atoms with Crippen LogP contribution in [0.1, 0.15) is 19.3 Å². The maximum Gasteiger partial charge on any atom is -0.0318 e. The first kappa shape index (κ1) is 4.00. The molecule has 0 heteroatoms. The highest BCUT2D eigenvalue weighted by Crippen LogP contribution is 2.80. The molecule has 8 rings (SSSR count). The number of hydrogen-bond acceptors (Lipinski definition) is 0. The van der Waals surface area contributed by atoms with Gasteiger partial charge in [-0.15, -0.1) is 0 Å². The van der Waals surface area contributed by atoms with Gasteiger partial charge in [0, 0.05) is 0 Å². The van der Waals surface area contributed by atoms with Crippen molar-refractivity contribution in [3.05, 3.63) is 0 Å². The Morgan fingerprint density at radius 2 is 1.22 bits per heavy atom. The summed E-state index contributed by atoms with van der Waals surface area (Å²) in [5.41, 5.74) is 0. The van der Waals surface area contributed by atoms with E-state index in [4.69, 9.17) is 0 Å². The van der Waals surface area contributed by atoms with Gasteiger partial charge < -0.3 is 0 Å². The van der Waals surface area contributed by atoms with Crippen molar-refractivity contribution in [3.63, 3.8) is 0 Å². The SMILES string of the molecule is C1CC2C3CC4C1C3C24. The fourth-order valence-corrected chi connectivity index (χ4v) is 4.80. The molecular weight excluding hydrogens is 108 g/mol. The molecule has 9 heavy (non-hydrogen) atoms. The van der Waals surface area contributed by atoms with E-state index in [1.165, 1.54) is 35.5 Å². The normalized spacial score (nSPS) is 80.0. The number of hydrogen-bond donors (Lipinski definition) is 0. The van der Waals surface area contributed by atoms with Crippen molar-refractivity contribution in [1.82, 2.24) is 0 Å². The maximum atomic E-state index is 1.66. The molecule has 0 heterocycles. The van der Waals surface area contributed by atoms with E-state index in [1.807, 2.05) is 0 Å².